The second-order valence-electron chi connectivity index (χ2n) is 15.5. The number of furan rings is 1. The van der Waals surface area contributed by atoms with Gasteiger partial charge >= 0.3 is 0 Å². The van der Waals surface area contributed by atoms with Gasteiger partial charge in [0.05, 0.1) is 5.69 Å². The van der Waals surface area contributed by atoms with E-state index < -0.39 is 0 Å². The first-order valence-corrected chi connectivity index (χ1v) is 20.1. The molecule has 0 N–H and O–H groups in total. The van der Waals surface area contributed by atoms with Crippen LogP contribution in [0.1, 0.15) is 54.7 Å². The predicted octanol–water partition coefficient (Wildman–Crippen LogP) is 14.8. The topological polar surface area (TPSA) is 19.6 Å². The predicted molar refractivity (Wildman–Crippen MR) is 234 cm³/mol. The Hall–Kier alpha value is -6.58. The molecule has 7 aromatic carbocycles. The Kier molecular flexibility index (Phi) is 7.98. The highest BCUT2D eigenvalue weighted by molar-refractivity contribution is 6.12. The van der Waals surface area contributed by atoms with Crippen LogP contribution in [-0.2, 0) is 0 Å². The molecule has 0 radical (unpaired) electrons. The number of anilines is 5. The van der Waals surface area contributed by atoms with Crippen molar-refractivity contribution in [2.24, 2.45) is 0 Å². The Morgan fingerprint density at radius 3 is 1.91 bits per heavy atom. The number of nitrogens with zero attached hydrogens (tertiary/aromatic N) is 2. The summed E-state index contributed by atoms with van der Waals surface area (Å²) in [4.78, 5) is 5.02. The molecule has 2 atom stereocenters. The minimum Gasteiger partial charge on any atom is -0.454 e. The summed E-state index contributed by atoms with van der Waals surface area (Å²) in [5.41, 5.74) is 16.7. The molecule has 0 spiro atoms. The molecule has 11 rings (SSSR count). The van der Waals surface area contributed by atoms with E-state index in [1.54, 1.807) is 0 Å². The van der Waals surface area contributed by atoms with Crippen LogP contribution < -0.4 is 9.80 Å². The summed E-state index contributed by atoms with van der Waals surface area (Å²) in [6.45, 7) is 0. The Labute approximate surface area is 328 Å². The first-order chi connectivity index (χ1) is 27.8. The smallest absolute Gasteiger partial charge is 0.159 e. The van der Waals surface area contributed by atoms with Gasteiger partial charge in [-0.25, -0.2) is 0 Å². The highest BCUT2D eigenvalue weighted by Gasteiger charge is 2.40. The lowest BCUT2D eigenvalue weighted by atomic mass is 9.82. The lowest BCUT2D eigenvalue weighted by molar-refractivity contribution is 0.402. The third-order valence-electron chi connectivity index (χ3n) is 12.4. The van der Waals surface area contributed by atoms with E-state index in [2.05, 4.69) is 192 Å². The first kappa shape index (κ1) is 32.8. The number of para-hydroxylation sites is 2. The Bertz CT molecular complexity index is 2780. The standard InChI is InChI=1S/C53H42N2O/c1-3-13-36(14-4-1)39-23-24-40(33-39)38-25-27-42(28-26-38)54(43-29-31-44(32-30-43)55-49-20-10-7-17-45(49)46-18-8-11-21-50(46)55)51-35-41(37-15-5-2-6-16-37)34-48-47-19-9-12-22-52(47)56-53(48)51/h1-7,9-10,12-17,19-20,22-32,34-35,46,50H,8,11,18,21,33H2. The van der Waals surface area contributed by atoms with Crippen LogP contribution in [0.25, 0.3) is 44.2 Å². The van der Waals surface area contributed by atoms with Crippen LogP contribution in [-0.4, -0.2) is 6.04 Å². The lowest BCUT2D eigenvalue weighted by Gasteiger charge is -2.34. The van der Waals surface area contributed by atoms with Crippen LogP contribution in [0.3, 0.4) is 0 Å². The van der Waals surface area contributed by atoms with E-state index in [1.807, 2.05) is 0 Å². The van der Waals surface area contributed by atoms with Crippen LogP contribution >= 0.6 is 0 Å². The third kappa shape index (κ3) is 5.57. The summed E-state index contributed by atoms with van der Waals surface area (Å²) >= 11 is 0. The molecule has 0 saturated heterocycles. The van der Waals surface area contributed by atoms with Crippen molar-refractivity contribution in [3.05, 3.63) is 199 Å². The fourth-order valence-corrected chi connectivity index (χ4v) is 9.67. The average Bonchev–Trinajstić information content (AvgIpc) is 4.00. The maximum absolute atomic E-state index is 6.79. The van der Waals surface area contributed by atoms with Crippen LogP contribution in [0.2, 0.25) is 0 Å². The van der Waals surface area contributed by atoms with Gasteiger partial charge in [0.15, 0.2) is 5.58 Å². The largest absolute Gasteiger partial charge is 0.454 e. The molecule has 2 unspecified atom stereocenters. The van der Waals surface area contributed by atoms with E-state index in [-0.39, 0.29) is 0 Å². The van der Waals surface area contributed by atoms with Gasteiger partial charge in [-0.2, -0.15) is 0 Å². The van der Waals surface area contributed by atoms with Crippen molar-refractivity contribution in [1.82, 2.24) is 0 Å². The van der Waals surface area contributed by atoms with Gasteiger partial charge in [0, 0.05) is 45.5 Å². The normalized spacial score (nSPS) is 17.5. The molecular formula is C53H42N2O. The zero-order valence-corrected chi connectivity index (χ0v) is 31.3. The molecular weight excluding hydrogens is 681 g/mol. The minimum atomic E-state index is 0.509. The summed E-state index contributed by atoms with van der Waals surface area (Å²) < 4.78 is 6.79. The maximum Gasteiger partial charge on any atom is 0.159 e. The molecule has 3 aliphatic rings. The van der Waals surface area contributed by atoms with E-state index in [0.29, 0.717) is 12.0 Å². The Morgan fingerprint density at radius 1 is 0.518 bits per heavy atom. The molecule has 3 nitrogen and oxygen atoms in total. The highest BCUT2D eigenvalue weighted by atomic mass is 16.3. The molecule has 0 bridgehead atoms. The molecule has 2 aliphatic carbocycles. The van der Waals surface area contributed by atoms with E-state index in [9.17, 15) is 0 Å². The summed E-state index contributed by atoms with van der Waals surface area (Å²) in [5.74, 6) is 0.602. The van der Waals surface area contributed by atoms with Crippen LogP contribution in [0.15, 0.2) is 186 Å². The molecule has 1 aliphatic heterocycles. The zero-order chi connectivity index (χ0) is 37.0. The van der Waals surface area contributed by atoms with Gasteiger partial charge in [0.2, 0.25) is 0 Å². The monoisotopic (exact) mass is 722 g/mol. The van der Waals surface area contributed by atoms with Gasteiger partial charge in [0.25, 0.3) is 0 Å². The van der Waals surface area contributed by atoms with Gasteiger partial charge in [-0.15, -0.1) is 0 Å². The van der Waals surface area contributed by atoms with Crippen LogP contribution in [0.4, 0.5) is 28.4 Å². The fourth-order valence-electron chi connectivity index (χ4n) is 9.67. The van der Waals surface area contributed by atoms with E-state index in [0.717, 1.165) is 51.0 Å². The molecule has 1 aromatic heterocycles. The fraction of sp³-hybridized carbons (Fsp3) is 0.132. The number of hydrogen-bond acceptors (Lipinski definition) is 3. The molecule has 0 amide bonds. The van der Waals surface area contributed by atoms with Crippen molar-refractivity contribution in [1.29, 1.82) is 0 Å². The number of benzene rings is 7. The molecule has 1 fully saturated rings. The van der Waals surface area contributed by atoms with E-state index in [4.69, 9.17) is 4.42 Å². The van der Waals surface area contributed by atoms with Gasteiger partial charge in [-0.05, 0) is 119 Å². The van der Waals surface area contributed by atoms with Crippen LogP contribution in [0, 0.1) is 0 Å². The maximum atomic E-state index is 6.79. The second-order valence-corrected chi connectivity index (χ2v) is 15.5. The van der Waals surface area contributed by atoms with Crippen LogP contribution in [0.5, 0.6) is 0 Å². The molecule has 3 heteroatoms. The third-order valence-corrected chi connectivity index (χ3v) is 12.4. The summed E-state index contributed by atoms with van der Waals surface area (Å²) in [5, 5.41) is 2.24. The van der Waals surface area contributed by atoms with E-state index >= 15 is 0 Å². The summed E-state index contributed by atoms with van der Waals surface area (Å²) in [6.07, 6.45) is 10.6. The number of allylic oxidation sites excluding steroid dienone is 4. The van der Waals surface area contributed by atoms with Gasteiger partial charge < -0.3 is 14.2 Å². The van der Waals surface area contributed by atoms with Crippen molar-refractivity contribution in [3.8, 4) is 11.1 Å². The molecule has 8 aromatic rings. The van der Waals surface area contributed by atoms with Crippen molar-refractivity contribution in [2.75, 3.05) is 9.80 Å². The summed E-state index contributed by atoms with van der Waals surface area (Å²) in [7, 11) is 0. The quantitative estimate of drug-likeness (QED) is 0.163. The van der Waals surface area contributed by atoms with Gasteiger partial charge in [-0.3, -0.25) is 0 Å². The first-order valence-electron chi connectivity index (χ1n) is 20.1. The lowest BCUT2D eigenvalue weighted by Crippen LogP contribution is -2.32. The van der Waals surface area contributed by atoms with Gasteiger partial charge in [-0.1, -0.05) is 134 Å². The molecule has 2 heterocycles. The van der Waals surface area contributed by atoms with Crippen molar-refractivity contribution in [3.63, 3.8) is 0 Å². The second kappa shape index (κ2) is 13.6. The van der Waals surface area contributed by atoms with E-state index in [1.165, 1.54) is 70.5 Å². The summed E-state index contributed by atoms with van der Waals surface area (Å²) in [6, 6.07) is 62.4. The minimum absolute atomic E-state index is 0.509. The average molecular weight is 723 g/mol. The molecule has 1 saturated carbocycles. The van der Waals surface area contributed by atoms with Crippen molar-refractivity contribution < 1.29 is 4.42 Å². The highest BCUT2D eigenvalue weighted by Crippen LogP contribution is 2.52. The molecule has 270 valence electrons. The number of hydrogen-bond donors (Lipinski definition) is 0. The molecule has 56 heavy (non-hydrogen) atoms. The Morgan fingerprint density at radius 2 is 1.14 bits per heavy atom. The van der Waals surface area contributed by atoms with Gasteiger partial charge in [0.1, 0.15) is 5.58 Å². The zero-order valence-electron chi connectivity index (χ0n) is 31.3. The van der Waals surface area contributed by atoms with Crippen molar-refractivity contribution >= 4 is 61.5 Å². The number of fused-ring (bicyclic) bond motifs is 6. The van der Waals surface area contributed by atoms with Crippen molar-refractivity contribution in [2.45, 2.75) is 44.1 Å². The number of rotatable bonds is 7. The SMILES string of the molecule is C1=C(c2ccccc2)CC(c2ccc(N(c3ccc(N4c5ccccc5C5CCCCC54)cc3)c3cc(-c4ccccc4)cc4c3oc3ccccc34)cc2)=C1. The Balaban J connectivity index is 1.04.